The van der Waals surface area contributed by atoms with Gasteiger partial charge in [-0.1, -0.05) is 0 Å². The molecule has 0 aromatic heterocycles. The quantitative estimate of drug-likeness (QED) is 0.428. The van der Waals surface area contributed by atoms with Gasteiger partial charge < -0.3 is 10.6 Å². The van der Waals surface area contributed by atoms with Gasteiger partial charge >= 0.3 is 0 Å². The number of nitrogens with zero attached hydrogens (tertiary/aromatic N) is 2. The van der Waals surface area contributed by atoms with Crippen LogP contribution in [-0.4, -0.2) is 37.9 Å². The molecular formula is C6H15N3. The van der Waals surface area contributed by atoms with Crippen LogP contribution in [0.15, 0.2) is 4.99 Å². The van der Waals surface area contributed by atoms with Crippen LogP contribution in [0, 0.1) is 0 Å². The van der Waals surface area contributed by atoms with Crippen LogP contribution in [0.1, 0.15) is 6.92 Å². The highest BCUT2D eigenvalue weighted by molar-refractivity contribution is 5.82. The third-order valence-electron chi connectivity index (χ3n) is 0.839. The summed E-state index contributed by atoms with van der Waals surface area (Å²) < 4.78 is 0. The minimum atomic E-state index is 0.711. The van der Waals surface area contributed by atoms with Crippen molar-refractivity contribution in [2.45, 2.75) is 6.92 Å². The van der Waals surface area contributed by atoms with Gasteiger partial charge in [-0.2, -0.15) is 0 Å². The average molecular weight is 129 g/mol. The van der Waals surface area contributed by atoms with Crippen molar-refractivity contribution in [2.75, 3.05) is 27.2 Å². The Labute approximate surface area is 56.6 Å². The van der Waals surface area contributed by atoms with Crippen molar-refractivity contribution in [3.63, 3.8) is 0 Å². The van der Waals surface area contributed by atoms with E-state index in [2.05, 4.69) is 4.99 Å². The third-order valence-corrected chi connectivity index (χ3v) is 0.839. The van der Waals surface area contributed by atoms with Crippen LogP contribution >= 0.6 is 0 Å². The van der Waals surface area contributed by atoms with Crippen LogP contribution in [0.5, 0.6) is 0 Å². The van der Waals surface area contributed by atoms with E-state index in [0.29, 0.717) is 5.84 Å². The molecule has 3 nitrogen and oxygen atoms in total. The Morgan fingerprint density at radius 3 is 2.44 bits per heavy atom. The molecule has 0 heterocycles. The van der Waals surface area contributed by atoms with E-state index >= 15 is 0 Å². The Kier molecular flexibility index (Phi) is 4.05. The highest BCUT2D eigenvalue weighted by atomic mass is 15.1. The van der Waals surface area contributed by atoms with Gasteiger partial charge in [0.05, 0.1) is 6.54 Å². The molecule has 0 saturated carbocycles. The second-order valence-electron chi connectivity index (χ2n) is 2.20. The number of amidine groups is 1. The minimum absolute atomic E-state index is 0.711. The molecule has 2 N–H and O–H groups in total. The zero-order chi connectivity index (χ0) is 7.28. The van der Waals surface area contributed by atoms with Crippen molar-refractivity contribution in [3.05, 3.63) is 0 Å². The van der Waals surface area contributed by atoms with Crippen molar-refractivity contribution < 1.29 is 0 Å². The second-order valence-corrected chi connectivity index (χ2v) is 2.20. The highest BCUT2D eigenvalue weighted by Gasteiger charge is 1.91. The van der Waals surface area contributed by atoms with Gasteiger partial charge in [0.25, 0.3) is 0 Å². The molecule has 0 fully saturated rings. The zero-order valence-electron chi connectivity index (χ0n) is 6.39. The topological polar surface area (TPSA) is 41.6 Å². The standard InChI is InChI=1S/C6H15N3/c1-4-8-6(7)5-9(2)3/h4-5H2,1-3H3,(H2,7,8). The summed E-state index contributed by atoms with van der Waals surface area (Å²) in [5, 5.41) is 0. The van der Waals surface area contributed by atoms with Crippen LogP contribution in [-0.2, 0) is 0 Å². The van der Waals surface area contributed by atoms with E-state index in [0.717, 1.165) is 13.1 Å². The van der Waals surface area contributed by atoms with Gasteiger partial charge in [-0.05, 0) is 21.0 Å². The van der Waals surface area contributed by atoms with Crippen molar-refractivity contribution in [3.8, 4) is 0 Å². The van der Waals surface area contributed by atoms with Gasteiger partial charge in [0.1, 0.15) is 5.84 Å². The average Bonchev–Trinajstić information content (AvgIpc) is 1.63. The SMILES string of the molecule is CCN=C(N)CN(C)C. The highest BCUT2D eigenvalue weighted by Crippen LogP contribution is 1.74. The molecule has 9 heavy (non-hydrogen) atoms. The molecule has 0 aliphatic carbocycles. The van der Waals surface area contributed by atoms with Crippen LogP contribution in [0.4, 0.5) is 0 Å². The molecule has 0 rings (SSSR count). The predicted octanol–water partition coefficient (Wildman–Crippen LogP) is -0.0749. The molecule has 54 valence electrons. The Balaban J connectivity index is 3.49. The van der Waals surface area contributed by atoms with Crippen molar-refractivity contribution in [1.29, 1.82) is 0 Å². The lowest BCUT2D eigenvalue weighted by Crippen LogP contribution is -2.28. The Morgan fingerprint density at radius 2 is 2.11 bits per heavy atom. The van der Waals surface area contributed by atoms with E-state index in [9.17, 15) is 0 Å². The van der Waals surface area contributed by atoms with Crippen molar-refractivity contribution in [2.24, 2.45) is 10.7 Å². The Hall–Kier alpha value is -0.570. The van der Waals surface area contributed by atoms with Gasteiger partial charge in [-0.3, -0.25) is 4.99 Å². The molecule has 0 saturated heterocycles. The summed E-state index contributed by atoms with van der Waals surface area (Å²) in [6, 6.07) is 0. The number of rotatable bonds is 3. The lowest BCUT2D eigenvalue weighted by atomic mass is 10.5. The van der Waals surface area contributed by atoms with Crippen LogP contribution in [0.3, 0.4) is 0 Å². The first kappa shape index (κ1) is 8.43. The molecule has 0 aromatic carbocycles. The van der Waals surface area contributed by atoms with Gasteiger partial charge in [0.15, 0.2) is 0 Å². The summed E-state index contributed by atoms with van der Waals surface area (Å²) in [6.45, 7) is 3.51. The summed E-state index contributed by atoms with van der Waals surface area (Å²) in [6.07, 6.45) is 0. The molecule has 0 aliphatic heterocycles. The number of aliphatic imine (C=N–C) groups is 1. The summed E-state index contributed by atoms with van der Waals surface area (Å²) >= 11 is 0. The second kappa shape index (κ2) is 4.32. The molecule has 0 atom stereocenters. The van der Waals surface area contributed by atoms with E-state index in [1.807, 2.05) is 25.9 Å². The molecule has 0 amide bonds. The molecule has 0 aromatic rings. The number of hydrogen-bond acceptors (Lipinski definition) is 2. The lowest BCUT2D eigenvalue weighted by Gasteiger charge is -2.07. The van der Waals surface area contributed by atoms with Crippen LogP contribution < -0.4 is 5.73 Å². The number of nitrogens with two attached hydrogens (primary N) is 1. The van der Waals surface area contributed by atoms with Gasteiger partial charge in [-0.15, -0.1) is 0 Å². The number of likely N-dealkylation sites (N-methyl/N-ethyl adjacent to an activating group) is 1. The maximum Gasteiger partial charge on any atom is 0.108 e. The maximum atomic E-state index is 5.49. The summed E-state index contributed by atoms with van der Waals surface area (Å²) in [7, 11) is 3.94. The van der Waals surface area contributed by atoms with Gasteiger partial charge in [0, 0.05) is 6.54 Å². The fourth-order valence-corrected chi connectivity index (χ4v) is 0.577. The first-order valence-corrected chi connectivity index (χ1v) is 3.10. The monoisotopic (exact) mass is 129 g/mol. The van der Waals surface area contributed by atoms with E-state index in [4.69, 9.17) is 5.73 Å². The Morgan fingerprint density at radius 1 is 1.56 bits per heavy atom. The summed E-state index contributed by atoms with van der Waals surface area (Å²) in [4.78, 5) is 6.01. The zero-order valence-corrected chi connectivity index (χ0v) is 6.39. The van der Waals surface area contributed by atoms with E-state index in [1.165, 1.54) is 0 Å². The normalized spacial score (nSPS) is 12.7. The molecule has 3 heteroatoms. The third kappa shape index (κ3) is 5.30. The van der Waals surface area contributed by atoms with E-state index < -0.39 is 0 Å². The maximum absolute atomic E-state index is 5.49. The van der Waals surface area contributed by atoms with Crippen molar-refractivity contribution >= 4 is 5.84 Å². The smallest absolute Gasteiger partial charge is 0.108 e. The largest absolute Gasteiger partial charge is 0.386 e. The van der Waals surface area contributed by atoms with Gasteiger partial charge in [0.2, 0.25) is 0 Å². The molecule has 0 bridgehead atoms. The molecular weight excluding hydrogens is 114 g/mol. The summed E-state index contributed by atoms with van der Waals surface area (Å²) in [5.74, 6) is 0.711. The number of hydrogen-bond donors (Lipinski definition) is 1. The molecule has 0 radical (unpaired) electrons. The molecule has 0 unspecified atom stereocenters. The van der Waals surface area contributed by atoms with Crippen molar-refractivity contribution in [1.82, 2.24) is 4.90 Å². The van der Waals surface area contributed by atoms with E-state index in [1.54, 1.807) is 0 Å². The first-order valence-electron chi connectivity index (χ1n) is 3.10. The summed E-state index contributed by atoms with van der Waals surface area (Å²) in [5.41, 5.74) is 5.49. The molecule has 0 spiro atoms. The molecule has 0 aliphatic rings. The minimum Gasteiger partial charge on any atom is -0.386 e. The Bertz CT molecular complexity index is 96.5. The predicted molar refractivity (Wildman–Crippen MR) is 40.7 cm³/mol. The van der Waals surface area contributed by atoms with Gasteiger partial charge in [-0.25, -0.2) is 0 Å². The van der Waals surface area contributed by atoms with Crippen LogP contribution in [0.25, 0.3) is 0 Å². The van der Waals surface area contributed by atoms with Crippen LogP contribution in [0.2, 0.25) is 0 Å². The lowest BCUT2D eigenvalue weighted by molar-refractivity contribution is 0.468. The van der Waals surface area contributed by atoms with E-state index in [-0.39, 0.29) is 0 Å². The first-order chi connectivity index (χ1) is 4.16. The fraction of sp³-hybridized carbons (Fsp3) is 0.833. The fourth-order valence-electron chi connectivity index (χ4n) is 0.577.